The Balaban J connectivity index is 4.32. The van der Waals surface area contributed by atoms with Gasteiger partial charge in [-0.15, -0.1) is 0 Å². The summed E-state index contributed by atoms with van der Waals surface area (Å²) in [6, 6.07) is 0. The highest BCUT2D eigenvalue weighted by molar-refractivity contribution is 7.46. The van der Waals surface area contributed by atoms with Gasteiger partial charge in [0.2, 0.25) is 0 Å². The van der Waals surface area contributed by atoms with Gasteiger partial charge in [0.15, 0.2) is 6.10 Å². The lowest BCUT2D eigenvalue weighted by Gasteiger charge is -2.18. The van der Waals surface area contributed by atoms with Gasteiger partial charge in [-0.05, 0) is 70.6 Å². The molecule has 0 fully saturated rings. The molecule has 0 saturated heterocycles. The van der Waals surface area contributed by atoms with Crippen molar-refractivity contribution < 1.29 is 48.2 Å². The van der Waals surface area contributed by atoms with Gasteiger partial charge in [0.1, 0.15) is 6.61 Å². The molecule has 11 heteroatoms. The molecule has 52 heavy (non-hydrogen) atoms. The Labute approximate surface area is 313 Å². The Morgan fingerprint density at radius 2 is 1.10 bits per heavy atom. The Hall–Kier alpha value is -2.85. The topological polar surface area (TPSA) is 160 Å². The summed E-state index contributed by atoms with van der Waals surface area (Å²) in [5.41, 5.74) is 0. The van der Waals surface area contributed by atoms with Crippen LogP contribution in [0.1, 0.15) is 129 Å². The van der Waals surface area contributed by atoms with E-state index < -0.39 is 51.3 Å². The molecule has 0 amide bonds. The van der Waals surface area contributed by atoms with Crippen molar-refractivity contribution >= 4 is 19.8 Å². The van der Waals surface area contributed by atoms with Crippen LogP contribution in [0, 0.1) is 0 Å². The second-order valence-electron chi connectivity index (χ2n) is 12.6. The molecule has 0 aromatic rings. The SMILES string of the molecule is CCCCC/C=C\C/C=C\C/C=C\CCCCC(=O)OC[C@H](COP(=O)(O)O)OC(=O)CCC[C@H](O)/C=C/C=C\C/C=C\C=C\[C@H](O)CCCCC. The van der Waals surface area contributed by atoms with Crippen LogP contribution in [0.5, 0.6) is 0 Å². The number of phosphoric acid groups is 1. The molecule has 0 spiro atoms. The molecule has 0 aromatic heterocycles. The third kappa shape index (κ3) is 36.9. The predicted octanol–water partition coefficient (Wildman–Crippen LogP) is 9.23. The van der Waals surface area contributed by atoms with Gasteiger partial charge in [-0.25, -0.2) is 4.57 Å². The summed E-state index contributed by atoms with van der Waals surface area (Å²) in [6.45, 7) is 3.30. The van der Waals surface area contributed by atoms with Crippen LogP contribution in [0.3, 0.4) is 0 Å². The van der Waals surface area contributed by atoms with Crippen LogP contribution >= 0.6 is 7.82 Å². The lowest BCUT2D eigenvalue weighted by molar-refractivity contribution is -0.161. The first kappa shape index (κ1) is 49.1. The minimum Gasteiger partial charge on any atom is -0.462 e. The summed E-state index contributed by atoms with van der Waals surface area (Å²) < 4.78 is 26.1. The molecule has 10 nitrogen and oxygen atoms in total. The summed E-state index contributed by atoms with van der Waals surface area (Å²) in [7, 11) is -4.83. The van der Waals surface area contributed by atoms with Crippen molar-refractivity contribution in [2.75, 3.05) is 13.2 Å². The number of ether oxygens (including phenoxy) is 2. The quantitative estimate of drug-likeness (QED) is 0.0167. The van der Waals surface area contributed by atoms with Crippen molar-refractivity contribution in [3.05, 3.63) is 85.1 Å². The molecular weight excluding hydrogens is 683 g/mol. The number of aliphatic hydroxyl groups is 2. The van der Waals surface area contributed by atoms with Crippen LogP contribution in [0.2, 0.25) is 0 Å². The van der Waals surface area contributed by atoms with Crippen molar-refractivity contribution in [2.24, 2.45) is 0 Å². The van der Waals surface area contributed by atoms with Crippen molar-refractivity contribution in [2.45, 2.75) is 148 Å². The highest BCUT2D eigenvalue weighted by Gasteiger charge is 2.23. The molecule has 0 unspecified atom stereocenters. The van der Waals surface area contributed by atoms with Crippen LogP contribution in [0.25, 0.3) is 0 Å². The first-order valence-corrected chi connectivity index (χ1v) is 20.6. The van der Waals surface area contributed by atoms with E-state index in [4.69, 9.17) is 19.3 Å². The molecule has 0 saturated carbocycles. The van der Waals surface area contributed by atoms with Crippen molar-refractivity contribution in [3.63, 3.8) is 0 Å². The number of hydrogen-bond donors (Lipinski definition) is 4. The average molecular weight is 751 g/mol. The lowest BCUT2D eigenvalue weighted by atomic mass is 10.1. The first-order valence-electron chi connectivity index (χ1n) is 19.1. The fourth-order valence-electron chi connectivity index (χ4n) is 4.65. The van der Waals surface area contributed by atoms with Gasteiger partial charge in [0.25, 0.3) is 0 Å². The zero-order valence-corrected chi connectivity index (χ0v) is 32.5. The van der Waals surface area contributed by atoms with Gasteiger partial charge in [-0.2, -0.15) is 0 Å². The van der Waals surface area contributed by atoms with E-state index in [9.17, 15) is 24.4 Å². The Kier molecular flexibility index (Phi) is 33.3. The van der Waals surface area contributed by atoms with Gasteiger partial charge in [-0.1, -0.05) is 131 Å². The van der Waals surface area contributed by atoms with Gasteiger partial charge >= 0.3 is 19.8 Å². The van der Waals surface area contributed by atoms with Crippen LogP contribution < -0.4 is 0 Å². The maximum absolute atomic E-state index is 12.4. The zero-order chi connectivity index (χ0) is 38.5. The number of aliphatic hydroxyl groups excluding tert-OH is 2. The average Bonchev–Trinajstić information content (AvgIpc) is 3.10. The Morgan fingerprint density at radius 3 is 1.67 bits per heavy atom. The molecule has 0 aliphatic carbocycles. The maximum atomic E-state index is 12.4. The number of hydrogen-bond acceptors (Lipinski definition) is 8. The highest BCUT2D eigenvalue weighted by Crippen LogP contribution is 2.36. The second kappa shape index (κ2) is 35.2. The molecule has 0 aliphatic rings. The summed E-state index contributed by atoms with van der Waals surface area (Å²) in [6.07, 6.45) is 39.5. The van der Waals surface area contributed by atoms with Crippen LogP contribution in [0.4, 0.5) is 0 Å². The zero-order valence-electron chi connectivity index (χ0n) is 31.6. The number of allylic oxidation sites excluding steroid dienone is 12. The first-order chi connectivity index (χ1) is 25.1. The number of carbonyl (C=O) groups excluding carboxylic acids is 2. The molecule has 4 N–H and O–H groups in total. The number of unbranched alkanes of at least 4 members (excludes halogenated alkanes) is 7. The molecule has 0 bridgehead atoms. The van der Waals surface area contributed by atoms with E-state index in [0.717, 1.165) is 57.8 Å². The minimum absolute atomic E-state index is 0.0494. The standard InChI is InChI=1S/C41H67O10P/c1-3-5-7-8-9-10-11-12-13-14-15-16-20-23-27-33-40(44)49-35-39(36-50-52(46,47)48)51-41(45)34-28-32-38(43)31-26-22-19-17-18-21-25-30-37(42)29-24-6-4-2/h9-10,12-13,15-16,18-19,21-22,25-26,30-31,37-39,42-43H,3-8,11,14,17,20,23-24,27-29,32-36H2,1-2H3,(H2,46,47,48)/b10-9-,13-12-,16-15-,21-18-,22-19-,30-25+,31-26+/t37-,38-,39-/m1/s1. The van der Waals surface area contributed by atoms with E-state index in [0.29, 0.717) is 25.7 Å². The monoisotopic (exact) mass is 750 g/mol. The van der Waals surface area contributed by atoms with E-state index >= 15 is 0 Å². The normalized spacial score (nSPS) is 14.7. The largest absolute Gasteiger partial charge is 0.469 e. The Bertz CT molecular complexity index is 1150. The van der Waals surface area contributed by atoms with Crippen molar-refractivity contribution in [1.29, 1.82) is 0 Å². The van der Waals surface area contributed by atoms with E-state index in [1.807, 2.05) is 30.4 Å². The molecule has 3 atom stereocenters. The third-order valence-corrected chi connectivity index (χ3v) is 8.08. The van der Waals surface area contributed by atoms with E-state index in [1.54, 1.807) is 18.2 Å². The van der Waals surface area contributed by atoms with E-state index in [1.165, 1.54) is 19.3 Å². The van der Waals surface area contributed by atoms with Gasteiger partial charge < -0.3 is 29.5 Å². The Morgan fingerprint density at radius 1 is 0.596 bits per heavy atom. The fourth-order valence-corrected chi connectivity index (χ4v) is 5.01. The molecule has 296 valence electrons. The maximum Gasteiger partial charge on any atom is 0.469 e. The summed E-state index contributed by atoms with van der Waals surface area (Å²) in [5.74, 6) is -1.17. The van der Waals surface area contributed by atoms with Crippen molar-refractivity contribution in [3.8, 4) is 0 Å². The minimum atomic E-state index is -4.83. The lowest BCUT2D eigenvalue weighted by Crippen LogP contribution is -2.29. The molecule has 0 heterocycles. The predicted molar refractivity (Wildman–Crippen MR) is 209 cm³/mol. The van der Waals surface area contributed by atoms with Gasteiger partial charge in [-0.3, -0.25) is 14.1 Å². The van der Waals surface area contributed by atoms with Crippen LogP contribution in [-0.4, -0.2) is 63.5 Å². The number of rotatable bonds is 33. The van der Waals surface area contributed by atoms with Crippen LogP contribution in [0.15, 0.2) is 85.1 Å². The van der Waals surface area contributed by atoms with E-state index in [2.05, 4.69) is 54.8 Å². The van der Waals surface area contributed by atoms with E-state index in [-0.39, 0.29) is 12.8 Å². The number of esters is 2. The second-order valence-corrected chi connectivity index (χ2v) is 13.8. The van der Waals surface area contributed by atoms with Crippen LogP contribution in [-0.2, 0) is 28.2 Å². The molecule has 0 radical (unpaired) electrons. The van der Waals surface area contributed by atoms with Crippen molar-refractivity contribution in [1.82, 2.24) is 0 Å². The molecular formula is C41H67O10P. The van der Waals surface area contributed by atoms with Gasteiger partial charge in [0, 0.05) is 12.8 Å². The summed E-state index contributed by atoms with van der Waals surface area (Å²) >= 11 is 0. The fraction of sp³-hybridized carbons (Fsp3) is 0.610. The number of phosphoric ester groups is 1. The third-order valence-electron chi connectivity index (χ3n) is 7.59. The smallest absolute Gasteiger partial charge is 0.462 e. The molecule has 0 aliphatic heterocycles. The molecule has 0 aromatic carbocycles. The van der Waals surface area contributed by atoms with Gasteiger partial charge in [0.05, 0.1) is 18.8 Å². The molecule has 0 rings (SSSR count). The highest BCUT2D eigenvalue weighted by atomic mass is 31.2. The summed E-state index contributed by atoms with van der Waals surface area (Å²) in [5, 5.41) is 20.0. The summed E-state index contributed by atoms with van der Waals surface area (Å²) in [4.78, 5) is 42.7. The number of carbonyl (C=O) groups is 2.